The van der Waals surface area contributed by atoms with Crippen LogP contribution in [-0.2, 0) is 0 Å². The van der Waals surface area contributed by atoms with Crippen molar-refractivity contribution in [1.82, 2.24) is 20.8 Å². The summed E-state index contributed by atoms with van der Waals surface area (Å²) in [5, 5.41) is 10.6. The normalized spacial score (nSPS) is 16.1. The number of halogens is 1. The van der Waals surface area contributed by atoms with Crippen LogP contribution in [0.15, 0.2) is 64.0 Å². The second-order valence-electron chi connectivity index (χ2n) is 7.82. The number of nitrogens with zero attached hydrogens (tertiary/aromatic N) is 2. The van der Waals surface area contributed by atoms with Gasteiger partial charge in [0.05, 0.1) is 6.04 Å². The summed E-state index contributed by atoms with van der Waals surface area (Å²) in [6.07, 6.45) is 4.57. The smallest absolute Gasteiger partial charge is 0.315 e. The number of hydrogen-bond donors (Lipinski definition) is 2. The van der Waals surface area contributed by atoms with E-state index >= 15 is 0 Å². The van der Waals surface area contributed by atoms with E-state index < -0.39 is 0 Å². The molecule has 1 aliphatic carbocycles. The lowest BCUT2D eigenvalue weighted by Gasteiger charge is -2.29. The van der Waals surface area contributed by atoms with Gasteiger partial charge >= 0.3 is 6.03 Å². The van der Waals surface area contributed by atoms with E-state index in [-0.39, 0.29) is 16.8 Å². The Labute approximate surface area is 191 Å². The van der Waals surface area contributed by atoms with Gasteiger partial charge in [-0.2, -0.15) is 4.98 Å². The predicted molar refractivity (Wildman–Crippen MR) is 123 cm³/mol. The molecule has 162 valence electrons. The minimum Gasteiger partial charge on any atom is -0.337 e. The summed E-state index contributed by atoms with van der Waals surface area (Å²) in [6, 6.07) is 16.9. The summed E-state index contributed by atoms with van der Waals surface area (Å²) in [7, 11) is 0. The van der Waals surface area contributed by atoms with Crippen LogP contribution in [0.2, 0.25) is 5.02 Å². The van der Waals surface area contributed by atoms with Gasteiger partial charge in [-0.1, -0.05) is 47.8 Å². The molecule has 1 saturated carbocycles. The standard InChI is InChI=1S/C23H25ClN4O2S/c1-16(20-27-21(30-28-20)17-9-11-18(24)12-10-17)26-22(29)25-15-23(13-5-6-14-23)31-19-7-3-2-4-8-19/h2-4,7-12,16H,5-6,13-15H2,1H3,(H2,25,26,29). The average molecular weight is 457 g/mol. The van der Waals surface area contributed by atoms with Gasteiger partial charge in [0.1, 0.15) is 0 Å². The first-order chi connectivity index (χ1) is 15.0. The minimum absolute atomic E-state index is 0.0375. The topological polar surface area (TPSA) is 80.0 Å². The van der Waals surface area contributed by atoms with Gasteiger partial charge < -0.3 is 15.2 Å². The molecule has 0 saturated heterocycles. The number of thioether (sulfide) groups is 1. The first-order valence-corrected chi connectivity index (χ1v) is 11.6. The molecule has 1 heterocycles. The minimum atomic E-state index is -0.383. The lowest BCUT2D eigenvalue weighted by molar-refractivity contribution is 0.236. The van der Waals surface area contributed by atoms with Crippen LogP contribution in [0.4, 0.5) is 4.79 Å². The fourth-order valence-corrected chi connectivity index (χ4v) is 5.30. The van der Waals surface area contributed by atoms with Gasteiger partial charge in [-0.15, -0.1) is 11.8 Å². The Morgan fingerprint density at radius 1 is 1.16 bits per heavy atom. The molecule has 1 atom stereocenters. The van der Waals surface area contributed by atoms with Crippen molar-refractivity contribution in [3.8, 4) is 11.5 Å². The van der Waals surface area contributed by atoms with Crippen molar-refractivity contribution in [3.05, 3.63) is 65.4 Å². The van der Waals surface area contributed by atoms with Crippen molar-refractivity contribution >= 4 is 29.4 Å². The fourth-order valence-electron chi connectivity index (χ4n) is 3.75. The van der Waals surface area contributed by atoms with Gasteiger partial charge in [-0.25, -0.2) is 4.79 Å². The molecular formula is C23H25ClN4O2S. The Morgan fingerprint density at radius 3 is 2.58 bits per heavy atom. The van der Waals surface area contributed by atoms with Crippen LogP contribution in [0, 0.1) is 0 Å². The zero-order chi connectivity index (χ0) is 21.7. The van der Waals surface area contributed by atoms with Crippen molar-refractivity contribution < 1.29 is 9.32 Å². The highest BCUT2D eigenvalue weighted by atomic mass is 35.5. The van der Waals surface area contributed by atoms with Crippen LogP contribution in [-0.4, -0.2) is 27.5 Å². The molecule has 0 spiro atoms. The number of nitrogens with one attached hydrogen (secondary N) is 2. The summed E-state index contributed by atoms with van der Waals surface area (Å²) in [6.45, 7) is 2.45. The molecule has 0 aliphatic heterocycles. The maximum absolute atomic E-state index is 12.6. The third-order valence-corrected chi connectivity index (χ3v) is 7.18. The summed E-state index contributed by atoms with van der Waals surface area (Å²) in [5.74, 6) is 0.819. The fraction of sp³-hybridized carbons (Fsp3) is 0.348. The first kappa shape index (κ1) is 21.7. The Balaban J connectivity index is 1.33. The summed E-state index contributed by atoms with van der Waals surface area (Å²) >= 11 is 7.79. The molecule has 1 aromatic heterocycles. The zero-order valence-electron chi connectivity index (χ0n) is 17.3. The van der Waals surface area contributed by atoms with E-state index in [0.717, 1.165) is 18.4 Å². The Hall–Kier alpha value is -2.51. The molecule has 2 aromatic carbocycles. The van der Waals surface area contributed by atoms with Gasteiger partial charge in [0.2, 0.25) is 0 Å². The molecule has 4 rings (SSSR count). The molecule has 6 nitrogen and oxygen atoms in total. The summed E-state index contributed by atoms with van der Waals surface area (Å²) in [4.78, 5) is 18.2. The largest absolute Gasteiger partial charge is 0.337 e. The van der Waals surface area contributed by atoms with Crippen molar-refractivity contribution in [2.24, 2.45) is 0 Å². The molecule has 1 fully saturated rings. The van der Waals surface area contributed by atoms with Crippen LogP contribution in [0.1, 0.15) is 44.5 Å². The Morgan fingerprint density at radius 2 is 1.87 bits per heavy atom. The highest BCUT2D eigenvalue weighted by Crippen LogP contribution is 2.44. The van der Waals surface area contributed by atoms with Gasteiger partial charge in [0.25, 0.3) is 5.89 Å². The molecule has 2 amide bonds. The van der Waals surface area contributed by atoms with Crippen LogP contribution in [0.3, 0.4) is 0 Å². The Bertz CT molecular complexity index is 1000. The zero-order valence-corrected chi connectivity index (χ0v) is 18.9. The predicted octanol–water partition coefficient (Wildman–Crippen LogP) is 5.86. The van der Waals surface area contributed by atoms with E-state index in [1.165, 1.54) is 17.7 Å². The molecule has 8 heteroatoms. The van der Waals surface area contributed by atoms with E-state index in [4.69, 9.17) is 16.1 Å². The number of carbonyl (C=O) groups is 1. The maximum Gasteiger partial charge on any atom is 0.315 e. The number of rotatable bonds is 7. The van der Waals surface area contributed by atoms with Gasteiger partial charge in [0, 0.05) is 26.8 Å². The molecule has 1 aliphatic rings. The van der Waals surface area contributed by atoms with E-state index in [0.29, 0.717) is 23.3 Å². The summed E-state index contributed by atoms with van der Waals surface area (Å²) < 4.78 is 5.38. The third-order valence-electron chi connectivity index (χ3n) is 5.43. The molecule has 3 aromatic rings. The second-order valence-corrected chi connectivity index (χ2v) is 9.80. The average Bonchev–Trinajstić information content (AvgIpc) is 3.44. The van der Waals surface area contributed by atoms with Gasteiger partial charge in [-0.05, 0) is 56.2 Å². The molecular weight excluding hydrogens is 432 g/mol. The van der Waals surface area contributed by atoms with Crippen molar-refractivity contribution in [1.29, 1.82) is 0 Å². The molecule has 31 heavy (non-hydrogen) atoms. The second kappa shape index (κ2) is 9.75. The number of aromatic nitrogens is 2. The number of hydrogen-bond acceptors (Lipinski definition) is 5. The molecule has 0 radical (unpaired) electrons. The van der Waals surface area contributed by atoms with Crippen LogP contribution >= 0.6 is 23.4 Å². The molecule has 0 bridgehead atoms. The van der Waals surface area contributed by atoms with Crippen LogP contribution in [0.5, 0.6) is 0 Å². The number of benzene rings is 2. The van der Waals surface area contributed by atoms with Crippen molar-refractivity contribution in [2.75, 3.05) is 6.54 Å². The highest BCUT2D eigenvalue weighted by molar-refractivity contribution is 8.00. The lowest BCUT2D eigenvalue weighted by Crippen LogP contribution is -2.44. The lowest BCUT2D eigenvalue weighted by atomic mass is 10.1. The SMILES string of the molecule is CC(NC(=O)NCC1(Sc2ccccc2)CCCC1)c1noc(-c2ccc(Cl)cc2)n1. The first-order valence-electron chi connectivity index (χ1n) is 10.4. The van der Waals surface area contributed by atoms with Gasteiger partial charge in [0.15, 0.2) is 5.82 Å². The number of amides is 2. The van der Waals surface area contributed by atoms with Crippen molar-refractivity contribution in [2.45, 2.75) is 48.3 Å². The van der Waals surface area contributed by atoms with Crippen LogP contribution in [0.25, 0.3) is 11.5 Å². The highest BCUT2D eigenvalue weighted by Gasteiger charge is 2.35. The molecule has 1 unspecified atom stereocenters. The van der Waals surface area contributed by atoms with E-state index in [1.54, 1.807) is 12.1 Å². The van der Waals surface area contributed by atoms with Gasteiger partial charge in [-0.3, -0.25) is 0 Å². The van der Waals surface area contributed by atoms with E-state index in [1.807, 2.05) is 36.9 Å². The Kier molecular flexibility index (Phi) is 6.83. The number of carbonyl (C=O) groups excluding carboxylic acids is 1. The van der Waals surface area contributed by atoms with Crippen molar-refractivity contribution in [3.63, 3.8) is 0 Å². The third kappa shape index (κ3) is 5.60. The number of urea groups is 1. The van der Waals surface area contributed by atoms with E-state index in [9.17, 15) is 4.79 Å². The van der Waals surface area contributed by atoms with Crippen LogP contribution < -0.4 is 10.6 Å². The monoisotopic (exact) mass is 456 g/mol. The summed E-state index contributed by atoms with van der Waals surface area (Å²) in [5.41, 5.74) is 0.779. The molecule has 2 N–H and O–H groups in total. The van der Waals surface area contributed by atoms with E-state index in [2.05, 4.69) is 45.0 Å². The maximum atomic E-state index is 12.6. The quantitative estimate of drug-likeness (QED) is 0.465.